The fourth-order valence-corrected chi connectivity index (χ4v) is 7.75. The summed E-state index contributed by atoms with van der Waals surface area (Å²) in [6, 6.07) is 1.22. The number of hydrogen-bond acceptors (Lipinski definition) is 11. The van der Waals surface area contributed by atoms with Crippen LogP contribution in [0, 0.1) is 23.2 Å². The first kappa shape index (κ1) is 47.2. The first-order valence-corrected chi connectivity index (χ1v) is 19.4. The number of ketones is 1. The van der Waals surface area contributed by atoms with E-state index in [0.29, 0.717) is 0 Å². The first-order valence-electron chi connectivity index (χ1n) is 19.4. The van der Waals surface area contributed by atoms with Crippen LogP contribution in [0.1, 0.15) is 71.7 Å². The minimum absolute atomic E-state index is 0.103. The topological polar surface area (TPSA) is 219 Å². The number of ether oxygens (including phenoxy) is 2. The van der Waals surface area contributed by atoms with E-state index in [4.69, 9.17) is 9.47 Å². The van der Waals surface area contributed by atoms with Crippen molar-refractivity contribution in [2.75, 3.05) is 13.7 Å². The molecule has 0 aromatic carbocycles. The highest BCUT2D eigenvalue weighted by molar-refractivity contribution is 6.09. The summed E-state index contributed by atoms with van der Waals surface area (Å²) >= 11 is 0. The third kappa shape index (κ3) is 11.1. The number of Topliss-reactive ketones (excluding diaryl/α,β-unsaturated/α-hetero) is 1. The molecule has 2 fully saturated rings. The summed E-state index contributed by atoms with van der Waals surface area (Å²) in [5.74, 6) is -3.13. The molecule has 0 bridgehead atoms. The number of allylic oxidation sites excluding steroid dienone is 11. The largest absolute Gasteiger partial charge is 0.507 e. The molecule has 1 saturated carbocycles. The molecule has 13 nitrogen and oxygen atoms in total. The number of hydrogen-bond donors (Lipinski definition) is 8. The number of aliphatic hydroxyl groups is 5. The smallest absolute Gasteiger partial charge is 0.262 e. The summed E-state index contributed by atoms with van der Waals surface area (Å²) in [7, 11) is 1.53. The molecule has 1 aromatic heterocycles. The van der Waals surface area contributed by atoms with E-state index in [2.05, 4.69) is 10.3 Å². The van der Waals surface area contributed by atoms with E-state index in [1.165, 1.54) is 32.4 Å². The third-order valence-electron chi connectivity index (χ3n) is 11.4. The van der Waals surface area contributed by atoms with Gasteiger partial charge in [0.1, 0.15) is 41.3 Å². The van der Waals surface area contributed by atoms with E-state index >= 15 is 0 Å². The van der Waals surface area contributed by atoms with Gasteiger partial charge in [-0.15, -0.1) is 0 Å². The second-order valence-electron chi connectivity index (χ2n) is 15.5. The molecule has 0 spiro atoms. The van der Waals surface area contributed by atoms with Gasteiger partial charge in [-0.05, 0) is 62.2 Å². The quantitative estimate of drug-likeness (QED) is 0.0646. The van der Waals surface area contributed by atoms with Crippen molar-refractivity contribution in [1.82, 2.24) is 10.3 Å². The third-order valence-corrected chi connectivity index (χ3v) is 11.4. The number of amides is 1. The highest BCUT2D eigenvalue weighted by Crippen LogP contribution is 2.49. The number of rotatable bonds is 17. The maximum Gasteiger partial charge on any atom is 0.262 e. The predicted molar refractivity (Wildman–Crippen MR) is 218 cm³/mol. The Bertz CT molecular complexity index is 1800. The van der Waals surface area contributed by atoms with E-state index in [9.17, 15) is 45.0 Å². The van der Waals surface area contributed by atoms with Gasteiger partial charge in [-0.3, -0.25) is 14.4 Å². The SMILES string of the molecule is C/C=C\C=C\[C@@H]1C[C@](O)([C@H](CC)C(=O)NC/C=C/C=C(\C)[C@H](OC)[C@H](C)C2O[C@H](/C=C/C=C/C=C(\C)C(=O)c3c(O)cc[nH]c3=O)[C@H](O)[C@@H]2O)[C@H](O)[C@H](O)C1(C)C. The van der Waals surface area contributed by atoms with Crippen LogP contribution in [0.25, 0.3) is 0 Å². The van der Waals surface area contributed by atoms with Crippen LogP contribution in [-0.4, -0.2) is 109 Å². The van der Waals surface area contributed by atoms with Gasteiger partial charge in [-0.1, -0.05) is 101 Å². The number of carbonyl (C=O) groups excluding carboxylic acids is 2. The summed E-state index contributed by atoms with van der Waals surface area (Å²) in [5.41, 5.74) is -2.61. The average molecular weight is 795 g/mol. The molecule has 2 heterocycles. The number of H-pyrrole nitrogens is 1. The Morgan fingerprint density at radius 1 is 1.02 bits per heavy atom. The van der Waals surface area contributed by atoms with Gasteiger partial charge in [-0.25, -0.2) is 0 Å². The van der Waals surface area contributed by atoms with E-state index in [1.807, 2.05) is 65.0 Å². The van der Waals surface area contributed by atoms with Crippen molar-refractivity contribution in [2.45, 2.75) is 110 Å². The van der Waals surface area contributed by atoms with Gasteiger partial charge < -0.3 is 50.4 Å². The van der Waals surface area contributed by atoms with Gasteiger partial charge >= 0.3 is 0 Å². The van der Waals surface area contributed by atoms with Crippen LogP contribution in [-0.2, 0) is 14.3 Å². The lowest BCUT2D eigenvalue weighted by molar-refractivity contribution is -0.222. The molecule has 1 aliphatic heterocycles. The highest BCUT2D eigenvalue weighted by Gasteiger charge is 2.58. The Hall–Kier alpha value is -4.21. The molecule has 2 aliphatic rings. The highest BCUT2D eigenvalue weighted by atomic mass is 16.5. The van der Waals surface area contributed by atoms with Gasteiger partial charge in [-0.2, -0.15) is 0 Å². The summed E-state index contributed by atoms with van der Waals surface area (Å²) in [4.78, 5) is 40.3. The number of pyridine rings is 1. The zero-order valence-electron chi connectivity index (χ0n) is 34.2. The molecule has 57 heavy (non-hydrogen) atoms. The van der Waals surface area contributed by atoms with Gasteiger partial charge in [0.05, 0.1) is 24.2 Å². The van der Waals surface area contributed by atoms with Gasteiger partial charge in [0.15, 0.2) is 5.78 Å². The minimum Gasteiger partial charge on any atom is -0.507 e. The molecule has 1 aliphatic carbocycles. The lowest BCUT2D eigenvalue weighted by Gasteiger charge is -2.53. The molecule has 1 unspecified atom stereocenters. The normalized spacial score (nSPS) is 30.2. The van der Waals surface area contributed by atoms with Crippen molar-refractivity contribution in [3.63, 3.8) is 0 Å². The summed E-state index contributed by atoms with van der Waals surface area (Å²) in [6.07, 6.45) is 14.8. The van der Waals surface area contributed by atoms with Crippen molar-refractivity contribution < 1.29 is 49.7 Å². The van der Waals surface area contributed by atoms with Crippen molar-refractivity contribution in [1.29, 1.82) is 0 Å². The maximum absolute atomic E-state index is 13.4. The Balaban J connectivity index is 1.60. The molecular weight excluding hydrogens is 732 g/mol. The Morgan fingerprint density at radius 3 is 2.33 bits per heavy atom. The molecule has 8 N–H and O–H groups in total. The van der Waals surface area contributed by atoms with Crippen LogP contribution in [0.2, 0.25) is 0 Å². The van der Waals surface area contributed by atoms with Crippen molar-refractivity contribution >= 4 is 11.7 Å². The number of aromatic nitrogens is 1. The van der Waals surface area contributed by atoms with Gasteiger partial charge in [0.25, 0.3) is 5.56 Å². The number of methoxy groups -OCH3 is 1. The van der Waals surface area contributed by atoms with Crippen LogP contribution in [0.3, 0.4) is 0 Å². The van der Waals surface area contributed by atoms with E-state index < -0.39 is 88.6 Å². The molecule has 1 aromatic rings. The molecule has 1 saturated heterocycles. The Morgan fingerprint density at radius 2 is 1.70 bits per heavy atom. The maximum atomic E-state index is 13.4. The molecule has 1 amide bonds. The molecule has 314 valence electrons. The number of aliphatic hydroxyl groups excluding tert-OH is 4. The van der Waals surface area contributed by atoms with Crippen LogP contribution in [0.15, 0.2) is 101 Å². The lowest BCUT2D eigenvalue weighted by Crippen LogP contribution is -2.66. The standard InChI is InChI=1S/C44H62N2O11/c1-9-11-13-20-29-25-44(55,40(52)39(51)43(29,6)7)30(10-2)41(53)45-23-17-16-19-27(4)37(56-8)28(5)38-36(50)35(49)32(57-38)21-15-12-14-18-26(3)34(48)33-31(47)22-24-46-42(33)54/h9,11-22,24,28-30,32,35-40,49-52,55H,10,23,25H2,1-8H3,(H,45,53)(H2,46,47,54)/b11-9-,14-12+,17-16+,20-13+,21-15+,26-18+,27-19+/t28-,29+,30+,32+,35-,36-,37-,38?,39-,40+,44-/m0/s1. The monoisotopic (exact) mass is 794 g/mol. The number of aromatic hydroxyl groups is 1. The zero-order valence-corrected chi connectivity index (χ0v) is 34.2. The van der Waals surface area contributed by atoms with Crippen molar-refractivity contribution in [3.05, 3.63) is 112 Å². The Kier molecular flexibility index (Phi) is 17.4. The van der Waals surface area contributed by atoms with E-state index in [0.717, 1.165) is 5.57 Å². The zero-order chi connectivity index (χ0) is 42.7. The fourth-order valence-electron chi connectivity index (χ4n) is 7.75. The number of carbonyl (C=O) groups is 2. The molecule has 11 atom stereocenters. The van der Waals surface area contributed by atoms with Crippen LogP contribution < -0.4 is 10.9 Å². The van der Waals surface area contributed by atoms with Crippen LogP contribution in [0.4, 0.5) is 0 Å². The Labute approximate surface area is 335 Å². The average Bonchev–Trinajstić information content (AvgIpc) is 3.45. The minimum atomic E-state index is -1.84. The van der Waals surface area contributed by atoms with Gasteiger partial charge in [0, 0.05) is 25.8 Å². The lowest BCUT2D eigenvalue weighted by atomic mass is 9.57. The number of nitrogens with one attached hydrogen (secondary N) is 2. The number of aromatic amines is 1. The fraction of sp³-hybridized carbons (Fsp3) is 0.523. The summed E-state index contributed by atoms with van der Waals surface area (Å²) < 4.78 is 11.8. The predicted octanol–water partition coefficient (Wildman–Crippen LogP) is 3.74. The van der Waals surface area contributed by atoms with Crippen molar-refractivity contribution in [2.24, 2.45) is 23.2 Å². The van der Waals surface area contributed by atoms with Crippen LogP contribution >= 0.6 is 0 Å². The van der Waals surface area contributed by atoms with E-state index in [-0.39, 0.29) is 36.4 Å². The summed E-state index contributed by atoms with van der Waals surface area (Å²) in [6.45, 7) is 12.7. The molecule has 0 radical (unpaired) electrons. The van der Waals surface area contributed by atoms with Crippen molar-refractivity contribution in [3.8, 4) is 5.75 Å². The molecule has 13 heteroatoms. The van der Waals surface area contributed by atoms with E-state index in [1.54, 1.807) is 43.4 Å². The van der Waals surface area contributed by atoms with Gasteiger partial charge in [0.2, 0.25) is 5.91 Å². The molecular formula is C44H62N2O11. The van der Waals surface area contributed by atoms with Crippen LogP contribution in [0.5, 0.6) is 5.75 Å². The second-order valence-corrected chi connectivity index (χ2v) is 15.5. The molecule has 3 rings (SSSR count). The first-order chi connectivity index (χ1) is 26.9. The summed E-state index contributed by atoms with van der Waals surface area (Å²) in [5, 5.41) is 68.3. The second kappa shape index (κ2) is 21.0.